The molecule has 2 aliphatic rings. The minimum Gasteiger partial charge on any atom is -0.370 e. The van der Waals surface area contributed by atoms with Crippen LogP contribution in [0, 0.1) is 0 Å². The third-order valence-corrected chi connectivity index (χ3v) is 5.76. The van der Waals surface area contributed by atoms with Crippen molar-refractivity contribution in [3.63, 3.8) is 0 Å². The summed E-state index contributed by atoms with van der Waals surface area (Å²) in [6.07, 6.45) is 3.26. The van der Waals surface area contributed by atoms with Crippen molar-refractivity contribution in [3.05, 3.63) is 70.7 Å². The lowest BCUT2D eigenvalue weighted by Gasteiger charge is -2.32. The van der Waals surface area contributed by atoms with Gasteiger partial charge in [-0.15, -0.1) is 0 Å². The summed E-state index contributed by atoms with van der Waals surface area (Å²) >= 11 is 6.08. The molecule has 142 valence electrons. The molecule has 0 bridgehead atoms. The molecule has 1 saturated carbocycles. The van der Waals surface area contributed by atoms with Crippen LogP contribution in [0.25, 0.3) is 0 Å². The molecule has 1 aliphatic carbocycles. The number of piperidine rings is 1. The second-order valence-electron chi connectivity index (χ2n) is 7.66. The van der Waals surface area contributed by atoms with Crippen molar-refractivity contribution in [3.8, 4) is 0 Å². The molecule has 4 nitrogen and oxygen atoms in total. The van der Waals surface area contributed by atoms with E-state index >= 15 is 0 Å². The summed E-state index contributed by atoms with van der Waals surface area (Å²) in [7, 11) is 0. The summed E-state index contributed by atoms with van der Waals surface area (Å²) in [4.78, 5) is 7.19. The van der Waals surface area contributed by atoms with Crippen LogP contribution in [-0.2, 0) is 6.54 Å². The maximum absolute atomic E-state index is 6.17. The van der Waals surface area contributed by atoms with Crippen molar-refractivity contribution in [1.29, 1.82) is 0 Å². The van der Waals surface area contributed by atoms with Gasteiger partial charge in [-0.25, -0.2) is 4.99 Å². The predicted octanol–water partition coefficient (Wildman–Crippen LogP) is 3.76. The van der Waals surface area contributed by atoms with E-state index in [1.54, 1.807) is 0 Å². The van der Waals surface area contributed by atoms with Crippen molar-refractivity contribution in [1.82, 2.24) is 10.2 Å². The largest absolute Gasteiger partial charge is 0.370 e. The number of nitrogens with one attached hydrogen (secondary N) is 1. The van der Waals surface area contributed by atoms with Gasteiger partial charge in [0.15, 0.2) is 5.96 Å². The molecule has 0 spiro atoms. The molecule has 0 amide bonds. The maximum atomic E-state index is 6.17. The minimum atomic E-state index is 0.286. The van der Waals surface area contributed by atoms with Gasteiger partial charge in [0, 0.05) is 36.6 Å². The minimum absolute atomic E-state index is 0.286. The molecule has 3 N–H and O–H groups in total. The van der Waals surface area contributed by atoms with Gasteiger partial charge in [-0.3, -0.25) is 4.90 Å². The lowest BCUT2D eigenvalue weighted by molar-refractivity contribution is 0.199. The second kappa shape index (κ2) is 8.32. The first-order valence-electron chi connectivity index (χ1n) is 9.79. The van der Waals surface area contributed by atoms with Crippen LogP contribution in [0.1, 0.15) is 36.3 Å². The lowest BCUT2D eigenvalue weighted by atomic mass is 10.0. The van der Waals surface area contributed by atoms with Gasteiger partial charge in [0.25, 0.3) is 0 Å². The van der Waals surface area contributed by atoms with E-state index in [-0.39, 0.29) is 6.04 Å². The van der Waals surface area contributed by atoms with Crippen molar-refractivity contribution < 1.29 is 0 Å². The maximum Gasteiger partial charge on any atom is 0.189 e. The Bertz CT molecular complexity index is 784. The first kappa shape index (κ1) is 18.3. The number of guanidine groups is 1. The van der Waals surface area contributed by atoms with E-state index in [4.69, 9.17) is 17.3 Å². The molecule has 2 atom stereocenters. The van der Waals surface area contributed by atoms with Crippen molar-refractivity contribution >= 4 is 17.6 Å². The van der Waals surface area contributed by atoms with Crippen LogP contribution in [0.15, 0.2) is 59.6 Å². The van der Waals surface area contributed by atoms with Gasteiger partial charge in [-0.05, 0) is 42.5 Å². The smallest absolute Gasteiger partial charge is 0.189 e. The molecule has 5 heteroatoms. The normalized spacial score (nSPS) is 24.0. The van der Waals surface area contributed by atoms with E-state index in [1.165, 1.54) is 11.1 Å². The van der Waals surface area contributed by atoms with Gasteiger partial charge in [-0.1, -0.05) is 54.1 Å². The van der Waals surface area contributed by atoms with Crippen LogP contribution < -0.4 is 11.1 Å². The Morgan fingerprint density at radius 3 is 2.63 bits per heavy atom. The number of likely N-dealkylation sites (tertiary alicyclic amines) is 1. The fraction of sp³-hybridized carbons (Fsp3) is 0.409. The highest BCUT2D eigenvalue weighted by molar-refractivity contribution is 6.30. The Kier molecular flexibility index (Phi) is 5.65. The average Bonchev–Trinajstić information content (AvgIpc) is 3.43. The molecule has 1 saturated heterocycles. The topological polar surface area (TPSA) is 53.6 Å². The molecule has 1 heterocycles. The van der Waals surface area contributed by atoms with Crippen LogP contribution in [0.3, 0.4) is 0 Å². The molecule has 2 fully saturated rings. The fourth-order valence-corrected chi connectivity index (χ4v) is 4.12. The van der Waals surface area contributed by atoms with Gasteiger partial charge in [0.05, 0.1) is 6.04 Å². The zero-order valence-electron chi connectivity index (χ0n) is 15.5. The SMILES string of the molecule is NC(=N[C@@H]1C[C@H]1c1cccc(Cl)c1)NC1CCN(Cc2ccccc2)CC1. The highest BCUT2D eigenvalue weighted by Gasteiger charge is 2.38. The Morgan fingerprint density at radius 2 is 1.89 bits per heavy atom. The molecule has 0 unspecified atom stereocenters. The third kappa shape index (κ3) is 5.02. The number of rotatable bonds is 5. The molecule has 2 aromatic carbocycles. The summed E-state index contributed by atoms with van der Waals surface area (Å²) in [5.41, 5.74) is 8.82. The highest BCUT2D eigenvalue weighted by Crippen LogP contribution is 2.43. The summed E-state index contributed by atoms with van der Waals surface area (Å²) in [6, 6.07) is 19.4. The first-order valence-corrected chi connectivity index (χ1v) is 10.2. The third-order valence-electron chi connectivity index (χ3n) is 5.53. The highest BCUT2D eigenvalue weighted by atomic mass is 35.5. The van der Waals surface area contributed by atoms with Crippen molar-refractivity contribution in [2.45, 2.75) is 43.8 Å². The molecule has 0 radical (unpaired) electrons. The van der Waals surface area contributed by atoms with Gasteiger partial charge < -0.3 is 11.1 Å². The molecule has 1 aliphatic heterocycles. The lowest BCUT2D eigenvalue weighted by Crippen LogP contribution is -2.47. The molecule has 2 aromatic rings. The number of aliphatic imine (C=N–C) groups is 1. The number of benzene rings is 2. The van der Waals surface area contributed by atoms with Gasteiger partial charge >= 0.3 is 0 Å². The number of halogens is 1. The van der Waals surface area contributed by atoms with Crippen molar-refractivity contribution in [2.24, 2.45) is 10.7 Å². The second-order valence-corrected chi connectivity index (χ2v) is 8.10. The van der Waals surface area contributed by atoms with Gasteiger partial charge in [0.1, 0.15) is 0 Å². The van der Waals surface area contributed by atoms with E-state index in [1.807, 2.05) is 18.2 Å². The summed E-state index contributed by atoms with van der Waals surface area (Å²) in [6.45, 7) is 3.21. The van der Waals surface area contributed by atoms with Gasteiger partial charge in [-0.2, -0.15) is 0 Å². The van der Waals surface area contributed by atoms with Crippen LogP contribution in [0.4, 0.5) is 0 Å². The number of hydrogen-bond acceptors (Lipinski definition) is 2. The van der Waals surface area contributed by atoms with E-state index in [2.05, 4.69) is 51.6 Å². The van der Waals surface area contributed by atoms with Crippen LogP contribution in [0.5, 0.6) is 0 Å². The Labute approximate surface area is 166 Å². The van der Waals surface area contributed by atoms with Gasteiger partial charge in [0.2, 0.25) is 0 Å². The van der Waals surface area contributed by atoms with Crippen LogP contribution >= 0.6 is 11.6 Å². The molecular formula is C22H27ClN4. The Morgan fingerprint density at radius 1 is 1.11 bits per heavy atom. The van der Waals surface area contributed by atoms with E-state index in [0.717, 1.165) is 43.9 Å². The number of nitrogens with zero attached hydrogens (tertiary/aromatic N) is 2. The molecule has 4 rings (SSSR count). The molecular weight excluding hydrogens is 356 g/mol. The van der Waals surface area contributed by atoms with E-state index in [9.17, 15) is 0 Å². The summed E-state index contributed by atoms with van der Waals surface area (Å²) in [5, 5.41) is 4.22. The first-order chi connectivity index (χ1) is 13.2. The molecule has 27 heavy (non-hydrogen) atoms. The Hall–Kier alpha value is -2.04. The van der Waals surface area contributed by atoms with E-state index < -0.39 is 0 Å². The molecule has 0 aromatic heterocycles. The fourth-order valence-electron chi connectivity index (χ4n) is 3.92. The summed E-state index contributed by atoms with van der Waals surface area (Å²) < 4.78 is 0. The Balaban J connectivity index is 1.23. The zero-order chi connectivity index (χ0) is 18.6. The van der Waals surface area contributed by atoms with E-state index in [0.29, 0.717) is 17.9 Å². The number of nitrogens with two attached hydrogens (primary N) is 1. The standard InChI is InChI=1S/C22H27ClN4/c23-18-8-4-7-17(13-18)20-14-21(20)26-22(24)25-19-9-11-27(12-10-19)15-16-5-2-1-3-6-16/h1-8,13,19-21H,9-12,14-15H2,(H3,24,25,26)/t20-,21+/m0/s1. The predicted molar refractivity (Wildman–Crippen MR) is 112 cm³/mol. The average molecular weight is 383 g/mol. The number of hydrogen-bond donors (Lipinski definition) is 2. The van der Waals surface area contributed by atoms with Crippen LogP contribution in [0.2, 0.25) is 5.02 Å². The summed E-state index contributed by atoms with van der Waals surface area (Å²) in [5.74, 6) is 1.04. The monoisotopic (exact) mass is 382 g/mol. The quantitative estimate of drug-likeness (QED) is 0.611. The zero-order valence-corrected chi connectivity index (χ0v) is 16.3. The van der Waals surface area contributed by atoms with Crippen molar-refractivity contribution in [2.75, 3.05) is 13.1 Å². The van der Waals surface area contributed by atoms with Crippen LogP contribution in [-0.4, -0.2) is 36.0 Å².